The average Bonchev–Trinajstić information content (AvgIpc) is 2.84. The van der Waals surface area contributed by atoms with Gasteiger partial charge in [0.2, 0.25) is 0 Å². The average molecular weight is 440 g/mol. The monoisotopic (exact) mass is 440 g/mol. The minimum absolute atomic E-state index is 0.00395. The highest BCUT2D eigenvalue weighted by Gasteiger charge is 2.16. The highest BCUT2D eigenvalue weighted by Crippen LogP contribution is 2.29. The number of hydrogen-bond donors (Lipinski definition) is 0. The SMILES string of the molecule is CCCOc1ccc(C#Cc2cc(F)c(C#Cc3ccccc3)c3ccc(F)c(F)c23)cc1. The van der Waals surface area contributed by atoms with E-state index in [4.69, 9.17) is 4.74 Å². The van der Waals surface area contributed by atoms with E-state index in [2.05, 4.69) is 23.7 Å². The highest BCUT2D eigenvalue weighted by atomic mass is 19.2. The summed E-state index contributed by atoms with van der Waals surface area (Å²) in [5, 5.41) is 0.0779. The Labute approximate surface area is 190 Å². The summed E-state index contributed by atoms with van der Waals surface area (Å²) >= 11 is 0. The van der Waals surface area contributed by atoms with E-state index in [9.17, 15) is 8.78 Å². The zero-order valence-electron chi connectivity index (χ0n) is 17.9. The van der Waals surface area contributed by atoms with Gasteiger partial charge in [-0.15, -0.1) is 0 Å². The van der Waals surface area contributed by atoms with Crippen LogP contribution < -0.4 is 4.74 Å². The van der Waals surface area contributed by atoms with Crippen molar-refractivity contribution in [3.05, 3.63) is 113 Å². The van der Waals surface area contributed by atoms with Gasteiger partial charge in [0.1, 0.15) is 11.6 Å². The Hall–Kier alpha value is -4.15. The molecule has 0 radical (unpaired) electrons. The quantitative estimate of drug-likeness (QED) is 0.317. The molecular formula is C29H19F3O. The van der Waals surface area contributed by atoms with Crippen molar-refractivity contribution in [2.24, 2.45) is 0 Å². The number of halogens is 3. The van der Waals surface area contributed by atoms with Crippen molar-refractivity contribution in [2.75, 3.05) is 6.61 Å². The van der Waals surface area contributed by atoms with Crippen LogP contribution in [0.5, 0.6) is 5.75 Å². The Balaban J connectivity index is 1.79. The Bertz CT molecular complexity index is 1420. The third-order valence-electron chi connectivity index (χ3n) is 4.92. The molecular weight excluding hydrogens is 421 g/mol. The Morgan fingerprint density at radius 3 is 2.15 bits per heavy atom. The maximum absolute atomic E-state index is 15.0. The molecule has 0 N–H and O–H groups in total. The fourth-order valence-corrected chi connectivity index (χ4v) is 3.30. The van der Waals surface area contributed by atoms with Crippen molar-refractivity contribution < 1.29 is 17.9 Å². The molecule has 0 saturated carbocycles. The van der Waals surface area contributed by atoms with Crippen LogP contribution in [0.15, 0.2) is 72.8 Å². The molecule has 1 nitrogen and oxygen atoms in total. The molecule has 4 aromatic carbocycles. The standard InChI is InChI=1S/C29H19F3O/c1-2-18-33-23-13-9-21(10-14-23)8-12-22-19-27(31)24(15-11-20-6-4-3-5-7-20)25-16-17-26(30)29(32)28(22)25/h3-7,9-10,13-14,16-17,19H,2,18H2,1H3. The first kappa shape index (κ1) is 22.1. The van der Waals surface area contributed by atoms with Crippen LogP contribution >= 0.6 is 0 Å². The van der Waals surface area contributed by atoms with Gasteiger partial charge in [0.05, 0.1) is 12.2 Å². The van der Waals surface area contributed by atoms with Crippen molar-refractivity contribution in [3.8, 4) is 29.4 Å². The molecule has 0 unspecified atom stereocenters. The summed E-state index contributed by atoms with van der Waals surface area (Å²) in [5.41, 5.74) is 1.37. The van der Waals surface area contributed by atoms with E-state index in [-0.39, 0.29) is 21.9 Å². The van der Waals surface area contributed by atoms with E-state index in [1.54, 1.807) is 36.4 Å². The van der Waals surface area contributed by atoms with Crippen molar-refractivity contribution in [1.82, 2.24) is 0 Å². The van der Waals surface area contributed by atoms with Crippen LogP contribution in [0.2, 0.25) is 0 Å². The van der Waals surface area contributed by atoms with Crippen molar-refractivity contribution in [3.63, 3.8) is 0 Å². The first-order valence-corrected chi connectivity index (χ1v) is 10.5. The summed E-state index contributed by atoms with van der Waals surface area (Å²) < 4.78 is 49.4. The van der Waals surface area contributed by atoms with Crippen LogP contribution in [0.1, 0.15) is 35.6 Å². The second-order valence-electron chi connectivity index (χ2n) is 7.30. The molecule has 4 rings (SSSR count). The minimum Gasteiger partial charge on any atom is -0.494 e. The Morgan fingerprint density at radius 2 is 1.42 bits per heavy atom. The number of rotatable bonds is 3. The predicted octanol–water partition coefficient (Wildman–Crippen LogP) is 6.85. The van der Waals surface area contributed by atoms with E-state index in [0.29, 0.717) is 23.5 Å². The van der Waals surface area contributed by atoms with Gasteiger partial charge in [-0.25, -0.2) is 13.2 Å². The van der Waals surface area contributed by atoms with Gasteiger partial charge in [-0.3, -0.25) is 0 Å². The van der Waals surface area contributed by atoms with E-state index >= 15 is 4.39 Å². The summed E-state index contributed by atoms with van der Waals surface area (Å²) in [6.45, 7) is 2.63. The van der Waals surface area contributed by atoms with Crippen LogP contribution in [0.3, 0.4) is 0 Å². The molecule has 4 aromatic rings. The van der Waals surface area contributed by atoms with Gasteiger partial charge < -0.3 is 4.74 Å². The lowest BCUT2D eigenvalue weighted by molar-refractivity contribution is 0.317. The molecule has 0 amide bonds. The van der Waals surface area contributed by atoms with E-state index in [1.807, 2.05) is 25.1 Å². The smallest absolute Gasteiger partial charge is 0.167 e. The molecule has 0 aliphatic rings. The zero-order chi connectivity index (χ0) is 23.2. The number of fused-ring (bicyclic) bond motifs is 1. The molecule has 0 aliphatic heterocycles. The van der Waals surface area contributed by atoms with Gasteiger partial charge in [0.25, 0.3) is 0 Å². The normalized spacial score (nSPS) is 10.2. The Kier molecular flexibility index (Phi) is 6.67. The maximum atomic E-state index is 15.0. The third-order valence-corrected chi connectivity index (χ3v) is 4.92. The lowest BCUT2D eigenvalue weighted by atomic mass is 9.98. The molecule has 0 bridgehead atoms. The number of benzene rings is 4. The fraction of sp³-hybridized carbons (Fsp3) is 0.103. The first-order chi connectivity index (χ1) is 16.1. The molecule has 0 heterocycles. The minimum atomic E-state index is -1.08. The van der Waals surface area contributed by atoms with Gasteiger partial charge in [0, 0.05) is 27.5 Å². The van der Waals surface area contributed by atoms with Gasteiger partial charge in [-0.2, -0.15) is 0 Å². The summed E-state index contributed by atoms with van der Waals surface area (Å²) in [4.78, 5) is 0. The molecule has 162 valence electrons. The topological polar surface area (TPSA) is 9.23 Å². The Morgan fingerprint density at radius 1 is 0.727 bits per heavy atom. The summed E-state index contributed by atoms with van der Waals surface area (Å²) in [7, 11) is 0. The summed E-state index contributed by atoms with van der Waals surface area (Å²) in [6, 6.07) is 19.5. The van der Waals surface area contributed by atoms with E-state index < -0.39 is 17.5 Å². The molecule has 0 atom stereocenters. The van der Waals surface area contributed by atoms with E-state index in [0.717, 1.165) is 18.6 Å². The van der Waals surface area contributed by atoms with Gasteiger partial charge >= 0.3 is 0 Å². The maximum Gasteiger partial charge on any atom is 0.167 e. The number of ether oxygens (including phenoxy) is 1. The molecule has 0 aromatic heterocycles. The van der Waals surface area contributed by atoms with Crippen LogP contribution in [0.25, 0.3) is 10.8 Å². The first-order valence-electron chi connectivity index (χ1n) is 10.5. The largest absolute Gasteiger partial charge is 0.494 e. The molecule has 33 heavy (non-hydrogen) atoms. The highest BCUT2D eigenvalue weighted by molar-refractivity contribution is 5.94. The van der Waals surface area contributed by atoms with Crippen LogP contribution in [0.4, 0.5) is 13.2 Å². The van der Waals surface area contributed by atoms with Gasteiger partial charge in [-0.05, 0) is 61.0 Å². The van der Waals surface area contributed by atoms with Crippen LogP contribution in [-0.2, 0) is 0 Å². The second-order valence-corrected chi connectivity index (χ2v) is 7.30. The third kappa shape index (κ3) is 5.03. The zero-order valence-corrected chi connectivity index (χ0v) is 17.9. The molecule has 0 aliphatic carbocycles. The van der Waals surface area contributed by atoms with Gasteiger partial charge in [0.15, 0.2) is 11.6 Å². The lowest BCUT2D eigenvalue weighted by Crippen LogP contribution is -1.96. The van der Waals surface area contributed by atoms with Crippen LogP contribution in [-0.4, -0.2) is 6.61 Å². The summed E-state index contributed by atoms with van der Waals surface area (Å²) in [5.74, 6) is 9.27. The molecule has 0 saturated heterocycles. The van der Waals surface area contributed by atoms with E-state index in [1.165, 1.54) is 6.07 Å². The molecule has 0 spiro atoms. The fourth-order valence-electron chi connectivity index (χ4n) is 3.30. The number of hydrogen-bond acceptors (Lipinski definition) is 1. The van der Waals surface area contributed by atoms with Crippen molar-refractivity contribution in [2.45, 2.75) is 13.3 Å². The molecule has 0 fully saturated rings. The van der Waals surface area contributed by atoms with Crippen LogP contribution in [0, 0.1) is 41.1 Å². The van der Waals surface area contributed by atoms with Crippen molar-refractivity contribution >= 4 is 10.8 Å². The van der Waals surface area contributed by atoms with Gasteiger partial charge in [-0.1, -0.05) is 48.8 Å². The lowest BCUT2D eigenvalue weighted by Gasteiger charge is -2.08. The molecule has 4 heteroatoms. The predicted molar refractivity (Wildman–Crippen MR) is 124 cm³/mol. The second kappa shape index (κ2) is 9.98. The van der Waals surface area contributed by atoms with Crippen molar-refractivity contribution in [1.29, 1.82) is 0 Å². The summed E-state index contributed by atoms with van der Waals surface area (Å²) in [6.07, 6.45) is 0.897.